The van der Waals surface area contributed by atoms with Crippen LogP contribution in [-0.4, -0.2) is 0 Å². The molecule has 6 aromatic carbocycles. The highest BCUT2D eigenvalue weighted by Gasteiger charge is 2.17. The number of anilines is 6. The normalized spacial score (nSPS) is 11.1. The molecule has 3 nitrogen and oxygen atoms in total. The molecule has 0 saturated heterocycles. The molecule has 7 aromatic rings. The second-order valence-electron chi connectivity index (χ2n) is 9.48. The molecule has 0 bridgehead atoms. The Morgan fingerprint density at radius 3 is 0.923 bits per heavy atom. The lowest BCUT2D eigenvalue weighted by Gasteiger charge is -2.25. The molecule has 0 aliphatic heterocycles. The SMILES string of the molecule is c1ccc(N(c2ccccc2)c2ccc3c(c2)oc2cc(N(c4ccccc4)c4ccccc4)ccc23)cc1. The van der Waals surface area contributed by atoms with E-state index in [1.807, 2.05) is 24.3 Å². The van der Waals surface area contributed by atoms with Crippen molar-refractivity contribution in [2.24, 2.45) is 0 Å². The molecular weight excluding hydrogens is 476 g/mol. The Hall–Kier alpha value is -5.28. The Kier molecular flexibility index (Phi) is 5.80. The van der Waals surface area contributed by atoms with Gasteiger partial charge in [-0.2, -0.15) is 0 Å². The molecule has 3 heteroatoms. The molecule has 39 heavy (non-hydrogen) atoms. The van der Waals surface area contributed by atoms with Gasteiger partial charge in [0.1, 0.15) is 11.2 Å². The molecule has 0 aliphatic carbocycles. The lowest BCUT2D eigenvalue weighted by atomic mass is 10.1. The van der Waals surface area contributed by atoms with E-state index in [0.29, 0.717) is 0 Å². The second-order valence-corrected chi connectivity index (χ2v) is 9.48. The van der Waals surface area contributed by atoms with Crippen LogP contribution in [0.5, 0.6) is 0 Å². The Morgan fingerprint density at radius 2 is 0.615 bits per heavy atom. The zero-order valence-electron chi connectivity index (χ0n) is 21.3. The Morgan fingerprint density at radius 1 is 0.308 bits per heavy atom. The molecule has 0 N–H and O–H groups in total. The largest absolute Gasteiger partial charge is 0.456 e. The van der Waals surface area contributed by atoms with Crippen LogP contribution in [0, 0.1) is 0 Å². The van der Waals surface area contributed by atoms with E-state index in [9.17, 15) is 0 Å². The summed E-state index contributed by atoms with van der Waals surface area (Å²) in [5.74, 6) is 0. The van der Waals surface area contributed by atoms with Crippen LogP contribution in [0.3, 0.4) is 0 Å². The summed E-state index contributed by atoms with van der Waals surface area (Å²) < 4.78 is 6.52. The summed E-state index contributed by atoms with van der Waals surface area (Å²) in [7, 11) is 0. The summed E-state index contributed by atoms with van der Waals surface area (Å²) in [6.45, 7) is 0. The van der Waals surface area contributed by atoms with Gasteiger partial charge in [-0.25, -0.2) is 0 Å². The van der Waals surface area contributed by atoms with Crippen LogP contribution in [-0.2, 0) is 0 Å². The molecule has 0 unspecified atom stereocenters. The summed E-state index contributed by atoms with van der Waals surface area (Å²) in [5.41, 5.74) is 8.23. The van der Waals surface area contributed by atoms with Crippen molar-refractivity contribution in [2.45, 2.75) is 0 Å². The standard InChI is InChI=1S/C36H26N2O/c1-5-13-27(14-6-1)37(28-15-7-2-8-16-28)31-21-23-33-34-24-22-32(26-36(34)39-35(33)25-31)38(29-17-9-3-10-18-29)30-19-11-4-12-20-30/h1-26H. The van der Waals surface area contributed by atoms with Crippen LogP contribution in [0.25, 0.3) is 21.9 Å². The molecule has 0 aliphatic rings. The number of fused-ring (bicyclic) bond motifs is 3. The molecule has 0 saturated carbocycles. The van der Waals surface area contributed by atoms with Gasteiger partial charge in [0.25, 0.3) is 0 Å². The monoisotopic (exact) mass is 502 g/mol. The molecular formula is C36H26N2O. The first kappa shape index (κ1) is 22.9. The van der Waals surface area contributed by atoms with Gasteiger partial charge in [-0.3, -0.25) is 0 Å². The summed E-state index contributed by atoms with van der Waals surface area (Å²) in [6, 6.07) is 54.7. The van der Waals surface area contributed by atoms with E-state index in [4.69, 9.17) is 4.42 Å². The Labute approximate surface area is 227 Å². The highest BCUT2D eigenvalue weighted by molar-refractivity contribution is 6.07. The molecule has 1 aromatic heterocycles. The van der Waals surface area contributed by atoms with Gasteiger partial charge in [0.2, 0.25) is 0 Å². The van der Waals surface area contributed by atoms with Crippen molar-refractivity contribution in [3.63, 3.8) is 0 Å². The van der Waals surface area contributed by atoms with E-state index >= 15 is 0 Å². The molecule has 0 spiro atoms. The van der Waals surface area contributed by atoms with Gasteiger partial charge in [-0.05, 0) is 72.8 Å². The molecule has 0 radical (unpaired) electrons. The van der Waals surface area contributed by atoms with Gasteiger partial charge >= 0.3 is 0 Å². The maximum absolute atomic E-state index is 6.52. The predicted octanol–water partition coefficient (Wildman–Crippen LogP) is 10.5. The molecule has 0 amide bonds. The van der Waals surface area contributed by atoms with Crippen LogP contribution in [0.2, 0.25) is 0 Å². The Bertz CT molecular complexity index is 1630. The lowest BCUT2D eigenvalue weighted by molar-refractivity contribution is 0.669. The van der Waals surface area contributed by atoms with Crippen LogP contribution in [0.15, 0.2) is 162 Å². The van der Waals surface area contributed by atoms with Crippen molar-refractivity contribution in [3.8, 4) is 0 Å². The average Bonchev–Trinajstić information content (AvgIpc) is 3.37. The minimum absolute atomic E-state index is 0.863. The van der Waals surface area contributed by atoms with Crippen molar-refractivity contribution in [1.82, 2.24) is 0 Å². The van der Waals surface area contributed by atoms with E-state index in [2.05, 4.69) is 143 Å². The molecule has 1 heterocycles. The zero-order valence-corrected chi connectivity index (χ0v) is 21.3. The zero-order chi connectivity index (χ0) is 26.0. The van der Waals surface area contributed by atoms with Crippen LogP contribution in [0.1, 0.15) is 0 Å². The molecule has 7 rings (SSSR count). The van der Waals surface area contributed by atoms with E-state index in [0.717, 1.165) is 56.1 Å². The number of para-hydroxylation sites is 4. The minimum Gasteiger partial charge on any atom is -0.456 e. The average molecular weight is 503 g/mol. The third kappa shape index (κ3) is 4.30. The first-order chi connectivity index (χ1) is 19.3. The van der Waals surface area contributed by atoms with Crippen molar-refractivity contribution in [1.29, 1.82) is 0 Å². The van der Waals surface area contributed by atoms with Crippen molar-refractivity contribution in [2.75, 3.05) is 9.80 Å². The number of hydrogen-bond acceptors (Lipinski definition) is 3. The van der Waals surface area contributed by atoms with E-state index in [1.54, 1.807) is 0 Å². The van der Waals surface area contributed by atoms with Gasteiger partial charge in [-0.15, -0.1) is 0 Å². The third-order valence-corrected chi connectivity index (χ3v) is 7.01. The second kappa shape index (κ2) is 9.88. The first-order valence-electron chi connectivity index (χ1n) is 13.1. The highest BCUT2D eigenvalue weighted by atomic mass is 16.3. The predicted molar refractivity (Wildman–Crippen MR) is 163 cm³/mol. The van der Waals surface area contributed by atoms with Gasteiger partial charge in [0, 0.05) is 57.0 Å². The Balaban J connectivity index is 1.35. The summed E-state index contributed by atoms with van der Waals surface area (Å²) >= 11 is 0. The fraction of sp³-hybridized carbons (Fsp3) is 0. The number of hydrogen-bond donors (Lipinski definition) is 0. The third-order valence-electron chi connectivity index (χ3n) is 7.01. The maximum atomic E-state index is 6.52. The van der Waals surface area contributed by atoms with Gasteiger partial charge < -0.3 is 14.2 Å². The van der Waals surface area contributed by atoms with E-state index in [-0.39, 0.29) is 0 Å². The highest BCUT2D eigenvalue weighted by Crippen LogP contribution is 2.41. The quantitative estimate of drug-likeness (QED) is 0.225. The summed E-state index contributed by atoms with van der Waals surface area (Å²) in [4.78, 5) is 4.51. The topological polar surface area (TPSA) is 19.6 Å². The number of nitrogens with zero attached hydrogens (tertiary/aromatic N) is 2. The molecule has 0 atom stereocenters. The minimum atomic E-state index is 0.863. The smallest absolute Gasteiger partial charge is 0.137 e. The fourth-order valence-corrected chi connectivity index (χ4v) is 5.24. The van der Waals surface area contributed by atoms with Crippen LogP contribution < -0.4 is 9.80 Å². The van der Waals surface area contributed by atoms with Crippen molar-refractivity contribution in [3.05, 3.63) is 158 Å². The maximum Gasteiger partial charge on any atom is 0.137 e. The van der Waals surface area contributed by atoms with Crippen molar-refractivity contribution >= 4 is 56.1 Å². The van der Waals surface area contributed by atoms with Gasteiger partial charge in [-0.1, -0.05) is 72.8 Å². The molecule has 186 valence electrons. The summed E-state index contributed by atoms with van der Waals surface area (Å²) in [6.07, 6.45) is 0. The lowest BCUT2D eigenvalue weighted by Crippen LogP contribution is -2.09. The molecule has 0 fully saturated rings. The van der Waals surface area contributed by atoms with Crippen molar-refractivity contribution < 1.29 is 4.42 Å². The fourth-order valence-electron chi connectivity index (χ4n) is 5.24. The number of rotatable bonds is 6. The van der Waals surface area contributed by atoms with Gasteiger partial charge in [0.05, 0.1) is 0 Å². The van der Waals surface area contributed by atoms with E-state index < -0.39 is 0 Å². The van der Waals surface area contributed by atoms with Gasteiger partial charge in [0.15, 0.2) is 0 Å². The van der Waals surface area contributed by atoms with Crippen LogP contribution >= 0.6 is 0 Å². The van der Waals surface area contributed by atoms with Crippen LogP contribution in [0.4, 0.5) is 34.1 Å². The first-order valence-corrected chi connectivity index (χ1v) is 13.1. The number of benzene rings is 6. The summed E-state index contributed by atoms with van der Waals surface area (Å²) in [5, 5.41) is 2.21. The number of furan rings is 1. The van der Waals surface area contributed by atoms with E-state index in [1.165, 1.54) is 0 Å².